The van der Waals surface area contributed by atoms with E-state index in [0.29, 0.717) is 17.3 Å². The maximum Gasteiger partial charge on any atom is 0.125 e. The van der Waals surface area contributed by atoms with E-state index in [9.17, 15) is 10.2 Å². The van der Waals surface area contributed by atoms with Gasteiger partial charge in [-0.1, -0.05) is 19.8 Å². The number of aliphatic hydroxyl groups excluding tert-OH is 1. The Labute approximate surface area is 141 Å². The molecule has 2 heteroatoms. The van der Waals surface area contributed by atoms with Gasteiger partial charge in [0.1, 0.15) is 5.60 Å². The van der Waals surface area contributed by atoms with E-state index in [2.05, 4.69) is 19.8 Å². The van der Waals surface area contributed by atoms with Gasteiger partial charge in [-0.2, -0.15) is 0 Å². The molecular weight excluding hydrogens is 284 g/mol. The highest BCUT2D eigenvalue weighted by Crippen LogP contribution is 2.66. The zero-order chi connectivity index (χ0) is 16.5. The second-order valence-corrected chi connectivity index (χ2v) is 9.67. The van der Waals surface area contributed by atoms with Crippen LogP contribution in [0.4, 0.5) is 0 Å². The molecule has 4 aliphatic carbocycles. The Morgan fingerprint density at radius 3 is 2.39 bits per heavy atom. The maximum atomic E-state index is 10.6. The van der Waals surface area contributed by atoms with Gasteiger partial charge in [0.25, 0.3) is 0 Å². The number of hydrogen-bond acceptors (Lipinski definition) is 2. The first-order chi connectivity index (χ1) is 10.8. The van der Waals surface area contributed by atoms with Crippen molar-refractivity contribution in [1.82, 2.24) is 0 Å². The van der Waals surface area contributed by atoms with Crippen LogP contribution in [0.15, 0.2) is 0 Å². The van der Waals surface area contributed by atoms with Crippen molar-refractivity contribution in [3.05, 3.63) is 0 Å². The van der Waals surface area contributed by atoms with Gasteiger partial charge in [0.05, 0.1) is 6.10 Å². The van der Waals surface area contributed by atoms with Gasteiger partial charge >= 0.3 is 0 Å². The van der Waals surface area contributed by atoms with Crippen LogP contribution in [0.25, 0.3) is 0 Å². The summed E-state index contributed by atoms with van der Waals surface area (Å²) >= 11 is 0. The van der Waals surface area contributed by atoms with Crippen LogP contribution in [0, 0.1) is 46.8 Å². The molecule has 0 spiro atoms. The Bertz CT molecular complexity index is 536. The fourth-order valence-electron chi connectivity index (χ4n) is 7.35. The predicted molar refractivity (Wildman–Crippen MR) is 91.5 cm³/mol. The summed E-state index contributed by atoms with van der Waals surface area (Å²) in [7, 11) is 0. The number of terminal acetylenes is 1. The topological polar surface area (TPSA) is 40.5 Å². The molecule has 4 fully saturated rings. The van der Waals surface area contributed by atoms with Crippen LogP contribution in [0.5, 0.6) is 0 Å². The quantitative estimate of drug-likeness (QED) is 0.668. The lowest BCUT2D eigenvalue weighted by atomic mass is 9.44. The third kappa shape index (κ3) is 2.09. The first kappa shape index (κ1) is 16.0. The van der Waals surface area contributed by atoms with Crippen LogP contribution in [-0.4, -0.2) is 21.9 Å². The van der Waals surface area contributed by atoms with Gasteiger partial charge in [-0.05, 0) is 92.3 Å². The van der Waals surface area contributed by atoms with Crippen LogP contribution in [0.1, 0.15) is 71.6 Å². The van der Waals surface area contributed by atoms with Crippen molar-refractivity contribution in [2.24, 2.45) is 34.5 Å². The van der Waals surface area contributed by atoms with Crippen LogP contribution in [-0.2, 0) is 0 Å². The van der Waals surface area contributed by atoms with Gasteiger partial charge in [0, 0.05) is 0 Å². The van der Waals surface area contributed by atoms with Gasteiger partial charge in [-0.15, -0.1) is 6.42 Å². The summed E-state index contributed by atoms with van der Waals surface area (Å²) < 4.78 is 0. The molecule has 4 saturated carbocycles. The molecule has 23 heavy (non-hydrogen) atoms. The Hall–Kier alpha value is -0.520. The van der Waals surface area contributed by atoms with Crippen molar-refractivity contribution in [3.63, 3.8) is 0 Å². The van der Waals surface area contributed by atoms with Gasteiger partial charge in [0.15, 0.2) is 0 Å². The highest BCUT2D eigenvalue weighted by molar-refractivity contribution is 5.16. The summed E-state index contributed by atoms with van der Waals surface area (Å²) in [5, 5.41) is 21.1. The molecule has 2 N–H and O–H groups in total. The van der Waals surface area contributed by atoms with Gasteiger partial charge in [-0.25, -0.2) is 0 Å². The summed E-state index contributed by atoms with van der Waals surface area (Å²) in [6.07, 6.45) is 15.3. The molecular formula is C21H32O2. The molecule has 4 aliphatic rings. The zero-order valence-electron chi connectivity index (χ0n) is 14.7. The second-order valence-electron chi connectivity index (χ2n) is 9.67. The molecule has 0 heterocycles. The second kappa shape index (κ2) is 4.99. The van der Waals surface area contributed by atoms with E-state index in [1.165, 1.54) is 32.1 Å². The first-order valence-corrected chi connectivity index (χ1v) is 9.71. The van der Waals surface area contributed by atoms with Crippen molar-refractivity contribution < 1.29 is 10.2 Å². The highest BCUT2D eigenvalue weighted by Gasteiger charge is 2.60. The van der Waals surface area contributed by atoms with E-state index in [-0.39, 0.29) is 11.5 Å². The molecule has 0 amide bonds. The number of fused-ring (bicyclic) bond motifs is 5. The van der Waals surface area contributed by atoms with E-state index in [4.69, 9.17) is 6.42 Å². The fourth-order valence-corrected chi connectivity index (χ4v) is 7.35. The Morgan fingerprint density at radius 1 is 0.913 bits per heavy atom. The standard InChI is InChI=1S/C21H32O2/c1-4-21(23)12-11-19(2)14(13-21)5-6-15-16-7-8-18(22)20(16,3)10-9-17(15)19/h1,14-18,22-23H,5-13H2,2-3H3/t14-,15-,16+,17+,18+,19-,20-,21+/m1/s1. The van der Waals surface area contributed by atoms with E-state index in [0.717, 1.165) is 37.5 Å². The smallest absolute Gasteiger partial charge is 0.125 e. The molecule has 4 rings (SSSR count). The average molecular weight is 316 g/mol. The molecule has 2 nitrogen and oxygen atoms in total. The molecule has 0 unspecified atom stereocenters. The first-order valence-electron chi connectivity index (χ1n) is 9.71. The lowest BCUT2D eigenvalue weighted by Crippen LogP contribution is -2.56. The fraction of sp³-hybridized carbons (Fsp3) is 0.905. The summed E-state index contributed by atoms with van der Waals surface area (Å²) in [5.74, 6) is 5.51. The lowest BCUT2D eigenvalue weighted by molar-refractivity contribution is -0.143. The normalized spacial score (nSPS) is 58.7. The Balaban J connectivity index is 1.61. The number of aliphatic hydroxyl groups is 2. The molecule has 0 aromatic heterocycles. The van der Waals surface area contributed by atoms with Crippen LogP contribution < -0.4 is 0 Å². The van der Waals surface area contributed by atoms with Gasteiger partial charge in [0.2, 0.25) is 0 Å². The molecule has 8 atom stereocenters. The van der Waals surface area contributed by atoms with Crippen molar-refractivity contribution in [1.29, 1.82) is 0 Å². The minimum atomic E-state index is -0.857. The zero-order valence-corrected chi connectivity index (χ0v) is 14.7. The number of hydrogen-bond donors (Lipinski definition) is 2. The lowest BCUT2D eigenvalue weighted by Gasteiger charge is -2.61. The van der Waals surface area contributed by atoms with Crippen LogP contribution >= 0.6 is 0 Å². The minimum Gasteiger partial charge on any atom is -0.393 e. The van der Waals surface area contributed by atoms with E-state index in [1.807, 2.05) is 0 Å². The largest absolute Gasteiger partial charge is 0.393 e. The van der Waals surface area contributed by atoms with Crippen molar-refractivity contribution in [3.8, 4) is 12.3 Å². The predicted octanol–water partition coefficient (Wildman–Crippen LogP) is 3.75. The molecule has 0 aromatic rings. The van der Waals surface area contributed by atoms with Crippen molar-refractivity contribution in [2.75, 3.05) is 0 Å². The molecule has 0 saturated heterocycles. The van der Waals surface area contributed by atoms with Crippen molar-refractivity contribution >= 4 is 0 Å². The van der Waals surface area contributed by atoms with Crippen LogP contribution in [0.3, 0.4) is 0 Å². The minimum absolute atomic E-state index is 0.0862. The Kier molecular flexibility index (Phi) is 3.47. The molecule has 0 radical (unpaired) electrons. The van der Waals surface area contributed by atoms with Gasteiger partial charge in [-0.3, -0.25) is 0 Å². The van der Waals surface area contributed by atoms with E-state index < -0.39 is 5.60 Å². The third-order valence-electron chi connectivity index (χ3n) is 8.95. The van der Waals surface area contributed by atoms with Crippen LogP contribution in [0.2, 0.25) is 0 Å². The summed E-state index contributed by atoms with van der Waals surface area (Å²) in [5.41, 5.74) is -0.344. The van der Waals surface area contributed by atoms with E-state index >= 15 is 0 Å². The monoisotopic (exact) mass is 316 g/mol. The molecule has 0 aliphatic heterocycles. The third-order valence-corrected chi connectivity index (χ3v) is 8.95. The summed E-state index contributed by atoms with van der Waals surface area (Å²) in [4.78, 5) is 0. The molecule has 0 bridgehead atoms. The summed E-state index contributed by atoms with van der Waals surface area (Å²) in [6, 6.07) is 0. The maximum absolute atomic E-state index is 10.6. The highest BCUT2D eigenvalue weighted by atomic mass is 16.3. The average Bonchev–Trinajstić information content (AvgIpc) is 2.84. The number of rotatable bonds is 0. The SMILES string of the molecule is C#C[C@]1(O)CC[C@]2(C)[C@H](CC[C@@H]3[C@@H]4CC[C@H](O)[C@]4(C)CC[C@@H]32)C1. The molecule has 0 aromatic carbocycles. The summed E-state index contributed by atoms with van der Waals surface area (Å²) in [6.45, 7) is 4.83. The van der Waals surface area contributed by atoms with Gasteiger partial charge < -0.3 is 10.2 Å². The van der Waals surface area contributed by atoms with E-state index in [1.54, 1.807) is 0 Å². The Morgan fingerprint density at radius 2 is 1.65 bits per heavy atom. The molecule has 128 valence electrons. The van der Waals surface area contributed by atoms with Crippen molar-refractivity contribution in [2.45, 2.75) is 83.3 Å².